The van der Waals surface area contributed by atoms with E-state index in [1.54, 1.807) is 12.1 Å². The smallest absolute Gasteiger partial charge is 0.130 e. The summed E-state index contributed by atoms with van der Waals surface area (Å²) in [6, 6.07) is 4.66. The van der Waals surface area contributed by atoms with Crippen LogP contribution in [0, 0.1) is 11.2 Å². The molecule has 0 bridgehead atoms. The van der Waals surface area contributed by atoms with Gasteiger partial charge in [-0.15, -0.1) is 0 Å². The van der Waals surface area contributed by atoms with Crippen molar-refractivity contribution in [2.24, 2.45) is 11.1 Å². The van der Waals surface area contributed by atoms with Crippen LogP contribution in [0.15, 0.2) is 22.7 Å². The van der Waals surface area contributed by atoms with Gasteiger partial charge >= 0.3 is 0 Å². The Bertz CT molecular complexity index is 421. The number of aliphatic hydroxyl groups excluding tert-OH is 1. The Morgan fingerprint density at radius 2 is 2.33 bits per heavy atom. The summed E-state index contributed by atoms with van der Waals surface area (Å²) >= 11 is 3.20. The molecule has 1 saturated heterocycles. The molecule has 0 aromatic heterocycles. The number of ether oxygens (including phenoxy) is 1. The third kappa shape index (κ3) is 2.59. The number of aliphatic hydroxyl groups is 1. The first-order chi connectivity index (χ1) is 8.59. The van der Waals surface area contributed by atoms with E-state index < -0.39 is 17.3 Å². The summed E-state index contributed by atoms with van der Waals surface area (Å²) in [5.41, 5.74) is 5.49. The minimum Gasteiger partial charge on any atom is -0.388 e. The molecule has 0 spiro atoms. The second kappa shape index (κ2) is 5.65. The van der Waals surface area contributed by atoms with Crippen LogP contribution in [-0.4, -0.2) is 24.9 Å². The number of hydrogen-bond acceptors (Lipinski definition) is 3. The van der Waals surface area contributed by atoms with E-state index in [9.17, 15) is 9.50 Å². The summed E-state index contributed by atoms with van der Waals surface area (Å²) in [6.07, 6.45) is 0.656. The first kappa shape index (κ1) is 13.9. The number of nitrogens with two attached hydrogens (primary N) is 1. The first-order valence-corrected chi connectivity index (χ1v) is 6.79. The highest BCUT2D eigenvalue weighted by Gasteiger charge is 2.40. The van der Waals surface area contributed by atoms with Gasteiger partial charge in [-0.2, -0.15) is 0 Å². The van der Waals surface area contributed by atoms with Crippen molar-refractivity contribution in [2.75, 3.05) is 19.8 Å². The normalized spacial score (nSPS) is 26.0. The molecule has 1 aromatic rings. The molecule has 1 heterocycles. The summed E-state index contributed by atoms with van der Waals surface area (Å²) in [6.45, 7) is 1.33. The van der Waals surface area contributed by atoms with Crippen molar-refractivity contribution in [3.05, 3.63) is 34.1 Å². The third-order valence-corrected chi connectivity index (χ3v) is 4.09. The van der Waals surface area contributed by atoms with Gasteiger partial charge < -0.3 is 15.6 Å². The molecule has 2 rings (SSSR count). The van der Waals surface area contributed by atoms with Crippen LogP contribution in [0.3, 0.4) is 0 Å². The van der Waals surface area contributed by atoms with Crippen LogP contribution >= 0.6 is 15.9 Å². The molecule has 1 aliphatic heterocycles. The SMILES string of the molecule is NCC1(C(O)c2ccc(Br)cc2F)CCCOC1. The minimum absolute atomic E-state index is 0.281. The Morgan fingerprint density at radius 3 is 2.89 bits per heavy atom. The fourth-order valence-electron chi connectivity index (χ4n) is 2.42. The molecule has 3 N–H and O–H groups in total. The molecule has 3 nitrogen and oxygen atoms in total. The van der Waals surface area contributed by atoms with Crippen LogP contribution in [0.5, 0.6) is 0 Å². The Balaban J connectivity index is 2.30. The molecule has 18 heavy (non-hydrogen) atoms. The molecule has 5 heteroatoms. The largest absolute Gasteiger partial charge is 0.388 e. The van der Waals surface area contributed by atoms with E-state index in [0.29, 0.717) is 17.7 Å². The van der Waals surface area contributed by atoms with Gasteiger partial charge in [-0.25, -0.2) is 4.39 Å². The van der Waals surface area contributed by atoms with Gasteiger partial charge in [-0.05, 0) is 25.0 Å². The van der Waals surface area contributed by atoms with E-state index in [1.165, 1.54) is 6.07 Å². The summed E-state index contributed by atoms with van der Waals surface area (Å²) in [5, 5.41) is 10.5. The monoisotopic (exact) mass is 317 g/mol. The lowest BCUT2D eigenvalue weighted by Crippen LogP contribution is -2.44. The molecule has 2 atom stereocenters. The average molecular weight is 318 g/mol. The van der Waals surface area contributed by atoms with Crippen molar-refractivity contribution in [3.63, 3.8) is 0 Å². The number of benzene rings is 1. The molecule has 1 aliphatic rings. The van der Waals surface area contributed by atoms with E-state index in [4.69, 9.17) is 10.5 Å². The predicted molar refractivity (Wildman–Crippen MR) is 70.6 cm³/mol. The highest BCUT2D eigenvalue weighted by Crippen LogP contribution is 2.41. The molecule has 2 unspecified atom stereocenters. The lowest BCUT2D eigenvalue weighted by molar-refractivity contribution is -0.0792. The third-order valence-electron chi connectivity index (χ3n) is 3.60. The quantitative estimate of drug-likeness (QED) is 0.900. The lowest BCUT2D eigenvalue weighted by Gasteiger charge is -2.40. The van der Waals surface area contributed by atoms with Gasteiger partial charge in [-0.1, -0.05) is 22.0 Å². The number of halogens is 2. The first-order valence-electron chi connectivity index (χ1n) is 6.00. The summed E-state index contributed by atoms with van der Waals surface area (Å²) in [5.74, 6) is -0.421. The average Bonchev–Trinajstić information content (AvgIpc) is 2.39. The van der Waals surface area contributed by atoms with Gasteiger partial charge in [0.15, 0.2) is 0 Å². The van der Waals surface area contributed by atoms with E-state index in [-0.39, 0.29) is 12.1 Å². The number of hydrogen-bond donors (Lipinski definition) is 2. The fourth-order valence-corrected chi connectivity index (χ4v) is 2.75. The van der Waals surface area contributed by atoms with E-state index >= 15 is 0 Å². The van der Waals surface area contributed by atoms with Crippen molar-refractivity contribution < 1.29 is 14.2 Å². The summed E-state index contributed by atoms with van der Waals surface area (Å²) in [7, 11) is 0. The van der Waals surface area contributed by atoms with E-state index in [0.717, 1.165) is 12.8 Å². The lowest BCUT2D eigenvalue weighted by atomic mass is 9.75. The molecule has 0 saturated carbocycles. The highest BCUT2D eigenvalue weighted by molar-refractivity contribution is 9.10. The molecular formula is C13H17BrFNO2. The summed E-state index contributed by atoms with van der Waals surface area (Å²) in [4.78, 5) is 0. The zero-order valence-corrected chi connectivity index (χ0v) is 11.6. The Kier molecular flexibility index (Phi) is 4.37. The summed E-state index contributed by atoms with van der Waals surface area (Å²) < 4.78 is 20.0. The van der Waals surface area contributed by atoms with Crippen molar-refractivity contribution in [1.29, 1.82) is 0 Å². The zero-order valence-electron chi connectivity index (χ0n) is 10.0. The highest BCUT2D eigenvalue weighted by atomic mass is 79.9. The van der Waals surface area contributed by atoms with Crippen molar-refractivity contribution >= 4 is 15.9 Å². The molecule has 100 valence electrons. The molecule has 1 fully saturated rings. The van der Waals surface area contributed by atoms with Gasteiger partial charge in [0.25, 0.3) is 0 Å². The predicted octanol–water partition coefficient (Wildman–Crippen LogP) is 2.38. The van der Waals surface area contributed by atoms with Crippen molar-refractivity contribution in [3.8, 4) is 0 Å². The van der Waals surface area contributed by atoms with Gasteiger partial charge in [0.2, 0.25) is 0 Å². The molecule has 0 aliphatic carbocycles. The maximum absolute atomic E-state index is 13.9. The maximum atomic E-state index is 13.9. The Hall–Kier alpha value is -0.490. The van der Waals surface area contributed by atoms with Crippen molar-refractivity contribution in [1.82, 2.24) is 0 Å². The Morgan fingerprint density at radius 1 is 1.56 bits per heavy atom. The van der Waals surface area contributed by atoms with Crippen LogP contribution in [-0.2, 0) is 4.74 Å². The second-order valence-electron chi connectivity index (χ2n) is 4.79. The van der Waals surface area contributed by atoms with Crippen LogP contribution in [0.2, 0.25) is 0 Å². The van der Waals surface area contributed by atoms with Gasteiger partial charge in [0, 0.05) is 28.6 Å². The van der Waals surface area contributed by atoms with Crippen LogP contribution in [0.1, 0.15) is 24.5 Å². The van der Waals surface area contributed by atoms with Crippen molar-refractivity contribution in [2.45, 2.75) is 18.9 Å². The number of rotatable bonds is 3. The standard InChI is InChI=1S/C13H17BrFNO2/c14-9-2-3-10(11(15)6-9)12(17)13(7-16)4-1-5-18-8-13/h2-3,6,12,17H,1,4-5,7-8,16H2. The molecule has 0 radical (unpaired) electrons. The molecule has 1 aromatic carbocycles. The van der Waals surface area contributed by atoms with E-state index in [1.807, 2.05) is 0 Å². The van der Waals surface area contributed by atoms with E-state index in [2.05, 4.69) is 15.9 Å². The zero-order chi connectivity index (χ0) is 13.2. The maximum Gasteiger partial charge on any atom is 0.130 e. The second-order valence-corrected chi connectivity index (χ2v) is 5.71. The topological polar surface area (TPSA) is 55.5 Å². The van der Waals surface area contributed by atoms with Crippen LogP contribution < -0.4 is 5.73 Å². The molecular weight excluding hydrogens is 301 g/mol. The van der Waals surface area contributed by atoms with Crippen LogP contribution in [0.4, 0.5) is 4.39 Å². The fraction of sp³-hybridized carbons (Fsp3) is 0.538. The minimum atomic E-state index is -0.934. The van der Waals surface area contributed by atoms with Gasteiger partial charge in [0.05, 0.1) is 12.7 Å². The molecule has 0 amide bonds. The van der Waals surface area contributed by atoms with Crippen LogP contribution in [0.25, 0.3) is 0 Å². The van der Waals surface area contributed by atoms with Gasteiger partial charge in [-0.3, -0.25) is 0 Å². The van der Waals surface area contributed by atoms with Gasteiger partial charge in [0.1, 0.15) is 5.82 Å². The Labute approximate surface area is 114 Å².